The number of carbonyl (C=O) groups excluding carboxylic acids is 3. The van der Waals surface area contributed by atoms with E-state index in [1.165, 1.54) is 18.9 Å². The zero-order valence-electron chi connectivity index (χ0n) is 18.9. The van der Waals surface area contributed by atoms with Crippen molar-refractivity contribution in [3.8, 4) is 0 Å². The van der Waals surface area contributed by atoms with Crippen molar-refractivity contribution < 1.29 is 19.1 Å². The van der Waals surface area contributed by atoms with E-state index in [0.717, 1.165) is 10.5 Å². The first-order chi connectivity index (χ1) is 15.3. The van der Waals surface area contributed by atoms with Crippen LogP contribution in [0.5, 0.6) is 0 Å². The smallest absolute Gasteiger partial charge is 0.328 e. The standard InChI is InChI=1S/C25H30N2O4S/c1-16(2)14-20(25(30)31-4)26-23(28)17(3)27(19-11-6-5-7-12-19)24(29)22-15-18-10-8-9-13-21(18)32-22/h5-13,16-17,20,22H,14-15H2,1-4H3,(H,26,28)/t17-,20-,22?/m0/s1. The maximum atomic E-state index is 13.6. The first kappa shape index (κ1) is 23.9. The summed E-state index contributed by atoms with van der Waals surface area (Å²) in [6, 6.07) is 15.6. The van der Waals surface area contributed by atoms with Crippen LogP contribution >= 0.6 is 11.8 Å². The first-order valence-electron chi connectivity index (χ1n) is 10.8. The van der Waals surface area contributed by atoms with Gasteiger partial charge >= 0.3 is 5.97 Å². The topological polar surface area (TPSA) is 75.7 Å². The summed E-state index contributed by atoms with van der Waals surface area (Å²) in [5.41, 5.74) is 1.79. The molecule has 32 heavy (non-hydrogen) atoms. The van der Waals surface area contributed by atoms with Crippen molar-refractivity contribution in [2.24, 2.45) is 5.92 Å². The van der Waals surface area contributed by atoms with Crippen LogP contribution in [-0.4, -0.2) is 42.2 Å². The lowest BCUT2D eigenvalue weighted by atomic mass is 10.0. The summed E-state index contributed by atoms with van der Waals surface area (Å²) in [6.45, 7) is 5.64. The van der Waals surface area contributed by atoms with Gasteiger partial charge in [0.15, 0.2) is 0 Å². The molecule has 2 amide bonds. The average molecular weight is 455 g/mol. The Hall–Kier alpha value is -2.80. The maximum absolute atomic E-state index is 13.6. The lowest BCUT2D eigenvalue weighted by Crippen LogP contribution is -2.54. The van der Waals surface area contributed by atoms with Crippen molar-refractivity contribution in [3.63, 3.8) is 0 Å². The zero-order chi connectivity index (χ0) is 23.3. The highest BCUT2D eigenvalue weighted by Gasteiger charge is 2.37. The number of fused-ring (bicyclic) bond motifs is 1. The highest BCUT2D eigenvalue weighted by Crippen LogP contribution is 2.38. The van der Waals surface area contributed by atoms with E-state index in [-0.39, 0.29) is 17.1 Å². The van der Waals surface area contributed by atoms with Gasteiger partial charge in [0.1, 0.15) is 12.1 Å². The van der Waals surface area contributed by atoms with E-state index >= 15 is 0 Å². The molecule has 3 atom stereocenters. The Kier molecular flexibility index (Phi) is 7.96. The molecule has 0 saturated carbocycles. The van der Waals surface area contributed by atoms with Gasteiger partial charge in [-0.25, -0.2) is 4.79 Å². The third-order valence-corrected chi connectivity index (χ3v) is 6.78. The van der Waals surface area contributed by atoms with Crippen LogP contribution in [0.2, 0.25) is 0 Å². The molecule has 1 aliphatic heterocycles. The molecule has 0 aliphatic carbocycles. The molecule has 2 aromatic rings. The number of nitrogens with one attached hydrogen (secondary N) is 1. The minimum absolute atomic E-state index is 0.126. The van der Waals surface area contributed by atoms with Gasteiger partial charge in [-0.3, -0.25) is 14.5 Å². The molecule has 3 rings (SSSR count). The highest BCUT2D eigenvalue weighted by atomic mass is 32.2. The summed E-state index contributed by atoms with van der Waals surface area (Å²) >= 11 is 1.53. The predicted octanol–water partition coefficient (Wildman–Crippen LogP) is 3.83. The SMILES string of the molecule is COC(=O)[C@H](CC(C)C)NC(=O)[C@H](C)N(C(=O)C1Cc2ccccc2S1)c1ccccc1. The second kappa shape index (κ2) is 10.7. The molecule has 0 radical (unpaired) electrons. The van der Waals surface area contributed by atoms with Crippen LogP contribution in [0.15, 0.2) is 59.5 Å². The van der Waals surface area contributed by atoms with Crippen molar-refractivity contribution in [1.29, 1.82) is 0 Å². The Labute approximate surface area is 193 Å². The van der Waals surface area contributed by atoms with Crippen LogP contribution < -0.4 is 10.2 Å². The van der Waals surface area contributed by atoms with Crippen LogP contribution in [0.1, 0.15) is 32.8 Å². The van der Waals surface area contributed by atoms with Crippen molar-refractivity contribution in [1.82, 2.24) is 5.32 Å². The molecule has 0 bridgehead atoms. The molecule has 170 valence electrons. The number of benzene rings is 2. The van der Waals surface area contributed by atoms with Gasteiger partial charge in [0.2, 0.25) is 11.8 Å². The first-order valence-corrected chi connectivity index (χ1v) is 11.7. The van der Waals surface area contributed by atoms with Crippen molar-refractivity contribution in [3.05, 3.63) is 60.2 Å². The molecular weight excluding hydrogens is 424 g/mol. The fraction of sp³-hybridized carbons (Fsp3) is 0.400. The summed E-state index contributed by atoms with van der Waals surface area (Å²) in [5.74, 6) is -0.814. The molecule has 0 spiro atoms. The largest absolute Gasteiger partial charge is 0.467 e. The number of para-hydroxylation sites is 1. The fourth-order valence-corrected chi connectivity index (χ4v) is 5.09. The second-order valence-electron chi connectivity index (χ2n) is 8.35. The number of nitrogens with zero attached hydrogens (tertiary/aromatic N) is 1. The third-order valence-electron chi connectivity index (χ3n) is 5.47. The number of hydrogen-bond donors (Lipinski definition) is 1. The van der Waals surface area contributed by atoms with Gasteiger partial charge in [-0.1, -0.05) is 50.2 Å². The van der Waals surface area contributed by atoms with E-state index < -0.39 is 24.0 Å². The number of esters is 1. The van der Waals surface area contributed by atoms with Gasteiger partial charge in [-0.05, 0) is 49.4 Å². The maximum Gasteiger partial charge on any atom is 0.328 e. The highest BCUT2D eigenvalue weighted by molar-refractivity contribution is 8.01. The molecule has 1 heterocycles. The Morgan fingerprint density at radius 1 is 1.06 bits per heavy atom. The number of ether oxygens (including phenoxy) is 1. The van der Waals surface area contributed by atoms with Crippen molar-refractivity contribution >= 4 is 35.2 Å². The summed E-state index contributed by atoms with van der Waals surface area (Å²) in [6.07, 6.45) is 1.08. The monoisotopic (exact) mass is 454 g/mol. The molecule has 7 heteroatoms. The molecule has 1 N–H and O–H groups in total. The zero-order valence-corrected chi connectivity index (χ0v) is 19.7. The van der Waals surface area contributed by atoms with E-state index in [1.54, 1.807) is 11.8 Å². The Balaban J connectivity index is 1.83. The van der Waals surface area contributed by atoms with Gasteiger partial charge in [0.25, 0.3) is 0 Å². The molecular formula is C25H30N2O4S. The summed E-state index contributed by atoms with van der Waals surface area (Å²) in [4.78, 5) is 41.7. The Bertz CT molecular complexity index is 938. The number of anilines is 1. The number of carbonyl (C=O) groups is 3. The third kappa shape index (κ3) is 5.51. The molecule has 0 fully saturated rings. The minimum Gasteiger partial charge on any atom is -0.467 e. The van der Waals surface area contributed by atoms with E-state index in [4.69, 9.17) is 4.74 Å². The Morgan fingerprint density at radius 3 is 2.34 bits per heavy atom. The van der Waals surface area contributed by atoms with Crippen LogP contribution in [0, 0.1) is 5.92 Å². The van der Waals surface area contributed by atoms with Gasteiger partial charge < -0.3 is 10.1 Å². The van der Waals surface area contributed by atoms with Crippen molar-refractivity contribution in [2.75, 3.05) is 12.0 Å². The minimum atomic E-state index is -0.798. The predicted molar refractivity (Wildman–Crippen MR) is 127 cm³/mol. The van der Waals surface area contributed by atoms with E-state index in [9.17, 15) is 14.4 Å². The number of thioether (sulfide) groups is 1. The number of hydrogen-bond acceptors (Lipinski definition) is 5. The molecule has 1 unspecified atom stereocenters. The Morgan fingerprint density at radius 2 is 1.72 bits per heavy atom. The summed E-state index contributed by atoms with van der Waals surface area (Å²) in [7, 11) is 1.31. The number of amides is 2. The van der Waals surface area contributed by atoms with Gasteiger partial charge in [0, 0.05) is 10.6 Å². The molecule has 1 aliphatic rings. The second-order valence-corrected chi connectivity index (χ2v) is 9.60. The van der Waals surface area contributed by atoms with E-state index in [0.29, 0.717) is 18.5 Å². The molecule has 0 aromatic heterocycles. The van der Waals surface area contributed by atoms with Crippen LogP contribution in [0.25, 0.3) is 0 Å². The van der Waals surface area contributed by atoms with Crippen LogP contribution in [-0.2, 0) is 25.5 Å². The summed E-state index contributed by atoms with van der Waals surface area (Å²) < 4.78 is 4.87. The van der Waals surface area contributed by atoms with Crippen molar-refractivity contribution in [2.45, 2.75) is 55.8 Å². The van der Waals surface area contributed by atoms with E-state index in [1.807, 2.05) is 68.4 Å². The average Bonchev–Trinajstić information content (AvgIpc) is 3.23. The normalized spacial score (nSPS) is 16.7. The molecule has 2 aromatic carbocycles. The number of methoxy groups -OCH3 is 1. The lowest BCUT2D eigenvalue weighted by Gasteiger charge is -2.31. The number of rotatable bonds is 8. The van der Waals surface area contributed by atoms with Gasteiger partial charge in [-0.15, -0.1) is 11.8 Å². The molecule has 6 nitrogen and oxygen atoms in total. The summed E-state index contributed by atoms with van der Waals surface area (Å²) in [5, 5.41) is 2.49. The molecule has 0 saturated heterocycles. The van der Waals surface area contributed by atoms with E-state index in [2.05, 4.69) is 5.32 Å². The van der Waals surface area contributed by atoms with Gasteiger partial charge in [-0.2, -0.15) is 0 Å². The quantitative estimate of drug-likeness (QED) is 0.614. The van der Waals surface area contributed by atoms with Crippen LogP contribution in [0.4, 0.5) is 5.69 Å². The fourth-order valence-electron chi connectivity index (χ4n) is 3.84. The van der Waals surface area contributed by atoms with Gasteiger partial charge in [0.05, 0.1) is 12.4 Å². The van der Waals surface area contributed by atoms with Crippen LogP contribution in [0.3, 0.4) is 0 Å². The lowest BCUT2D eigenvalue weighted by molar-refractivity contribution is -0.145.